The van der Waals surface area contributed by atoms with Crippen LogP contribution in [0.15, 0.2) is 30.6 Å². The smallest absolute Gasteiger partial charge is 0.151 e. The predicted molar refractivity (Wildman–Crippen MR) is 64.5 cm³/mol. The van der Waals surface area contributed by atoms with E-state index in [-0.39, 0.29) is 0 Å². The molecule has 1 heterocycles. The maximum absolute atomic E-state index is 9.14. The van der Waals surface area contributed by atoms with Crippen molar-refractivity contribution in [1.29, 1.82) is 0 Å². The van der Waals surface area contributed by atoms with Crippen molar-refractivity contribution in [2.24, 2.45) is 7.05 Å². The lowest BCUT2D eigenvalue weighted by Gasteiger charge is -2.03. The normalized spacial score (nSPS) is 10.6. The Labute approximate surface area is 100 Å². The third-order valence-electron chi connectivity index (χ3n) is 2.44. The Morgan fingerprint density at radius 3 is 2.71 bits per heavy atom. The van der Waals surface area contributed by atoms with Gasteiger partial charge in [0.25, 0.3) is 0 Å². The third-order valence-corrected chi connectivity index (χ3v) is 2.44. The lowest BCUT2D eigenvalue weighted by Crippen LogP contribution is -2.17. The fraction of sp³-hybridized carbons (Fsp3) is 0.333. The molecule has 5 heteroatoms. The summed E-state index contributed by atoms with van der Waals surface area (Å²) in [7, 11) is 1.86. The van der Waals surface area contributed by atoms with Crippen LogP contribution >= 0.6 is 0 Å². The van der Waals surface area contributed by atoms with Crippen LogP contribution in [-0.4, -0.2) is 26.4 Å². The fourth-order valence-corrected chi connectivity index (χ4v) is 1.55. The van der Waals surface area contributed by atoms with Crippen molar-refractivity contribution in [3.63, 3.8) is 0 Å². The molecule has 0 atom stereocenters. The number of rotatable bonds is 5. The zero-order chi connectivity index (χ0) is 12.1. The maximum atomic E-state index is 9.14. The quantitative estimate of drug-likeness (QED) is 0.750. The van der Waals surface area contributed by atoms with E-state index in [1.165, 1.54) is 0 Å². The van der Waals surface area contributed by atoms with Crippen LogP contribution in [0.1, 0.15) is 11.4 Å². The number of nitrogens with one attached hydrogen (secondary N) is 1. The van der Waals surface area contributed by atoms with Gasteiger partial charge in [0.05, 0.1) is 0 Å². The topological polar surface area (TPSA) is 63.0 Å². The average molecular weight is 232 g/mol. The van der Waals surface area contributed by atoms with Gasteiger partial charge in [-0.15, -0.1) is 0 Å². The van der Waals surface area contributed by atoms with Crippen molar-refractivity contribution in [2.75, 3.05) is 6.54 Å². The molecule has 17 heavy (non-hydrogen) atoms. The van der Waals surface area contributed by atoms with E-state index < -0.39 is 0 Å². The molecule has 0 saturated carbocycles. The molecule has 0 fully saturated rings. The molecule has 0 spiro atoms. The summed E-state index contributed by atoms with van der Waals surface area (Å²) in [5.41, 5.74) is 1.15. The van der Waals surface area contributed by atoms with Crippen LogP contribution in [-0.2, 0) is 20.0 Å². The summed E-state index contributed by atoms with van der Waals surface area (Å²) in [6, 6.07) is 7.19. The largest absolute Gasteiger partial charge is 0.508 e. The average Bonchev–Trinajstić information content (AvgIpc) is 2.73. The van der Waals surface area contributed by atoms with Crippen LogP contribution in [0.25, 0.3) is 0 Å². The highest BCUT2D eigenvalue weighted by molar-refractivity contribution is 5.25. The van der Waals surface area contributed by atoms with Crippen LogP contribution in [0.3, 0.4) is 0 Å². The first-order valence-corrected chi connectivity index (χ1v) is 5.57. The Morgan fingerprint density at radius 1 is 1.29 bits per heavy atom. The molecule has 1 aromatic carbocycles. The summed E-state index contributed by atoms with van der Waals surface area (Å²) < 4.78 is 1.70. The first-order chi connectivity index (χ1) is 8.24. The highest BCUT2D eigenvalue weighted by Crippen LogP contribution is 2.08. The number of phenolic OH excluding ortho intramolecular Hbond substituents is 1. The van der Waals surface area contributed by atoms with E-state index in [2.05, 4.69) is 15.4 Å². The molecule has 1 aromatic heterocycles. The van der Waals surface area contributed by atoms with Gasteiger partial charge >= 0.3 is 0 Å². The molecule has 0 aliphatic rings. The molecule has 2 N–H and O–H groups in total. The SMILES string of the molecule is Cn1cnc(CCNCc2ccc(O)cc2)n1. The summed E-state index contributed by atoms with van der Waals surface area (Å²) in [6.45, 7) is 1.62. The van der Waals surface area contributed by atoms with Gasteiger partial charge in [-0.2, -0.15) is 5.10 Å². The third kappa shape index (κ3) is 3.57. The Hall–Kier alpha value is -1.88. The van der Waals surface area contributed by atoms with Crippen LogP contribution in [0.5, 0.6) is 5.75 Å². The van der Waals surface area contributed by atoms with E-state index in [1.807, 2.05) is 19.2 Å². The highest BCUT2D eigenvalue weighted by atomic mass is 16.3. The van der Waals surface area contributed by atoms with Gasteiger partial charge in [0.1, 0.15) is 12.1 Å². The van der Waals surface area contributed by atoms with Gasteiger partial charge in [-0.05, 0) is 17.7 Å². The Bertz CT molecular complexity index is 464. The number of aromatic hydroxyl groups is 1. The van der Waals surface area contributed by atoms with Gasteiger partial charge in [0, 0.05) is 26.6 Å². The second-order valence-electron chi connectivity index (χ2n) is 3.93. The molecule has 90 valence electrons. The molecular weight excluding hydrogens is 216 g/mol. The minimum atomic E-state index is 0.298. The van der Waals surface area contributed by atoms with Crippen molar-refractivity contribution < 1.29 is 5.11 Å². The molecule has 5 nitrogen and oxygen atoms in total. The number of aryl methyl sites for hydroxylation is 1. The molecule has 0 amide bonds. The number of phenols is 1. The minimum Gasteiger partial charge on any atom is -0.508 e. The first-order valence-electron chi connectivity index (χ1n) is 5.57. The van der Waals surface area contributed by atoms with E-state index in [9.17, 15) is 0 Å². The molecule has 0 saturated heterocycles. The minimum absolute atomic E-state index is 0.298. The first kappa shape index (κ1) is 11.6. The maximum Gasteiger partial charge on any atom is 0.151 e. The molecular formula is C12H16N4O. The van der Waals surface area contributed by atoms with Crippen molar-refractivity contribution in [3.8, 4) is 5.75 Å². The van der Waals surface area contributed by atoms with Crippen LogP contribution in [0.4, 0.5) is 0 Å². The summed E-state index contributed by atoms with van der Waals surface area (Å²) in [5.74, 6) is 1.15. The van der Waals surface area contributed by atoms with Gasteiger partial charge < -0.3 is 10.4 Å². The van der Waals surface area contributed by atoms with E-state index >= 15 is 0 Å². The second-order valence-corrected chi connectivity index (χ2v) is 3.93. The number of hydrogen-bond acceptors (Lipinski definition) is 4. The highest BCUT2D eigenvalue weighted by Gasteiger charge is 1.98. The van der Waals surface area contributed by atoms with Crippen LogP contribution in [0.2, 0.25) is 0 Å². The van der Waals surface area contributed by atoms with Gasteiger partial charge in [-0.1, -0.05) is 12.1 Å². The molecule has 2 aromatic rings. The van der Waals surface area contributed by atoms with E-state index in [0.717, 1.165) is 30.9 Å². The van der Waals surface area contributed by atoms with Crippen LogP contribution in [0, 0.1) is 0 Å². The zero-order valence-electron chi connectivity index (χ0n) is 9.80. The summed E-state index contributed by atoms with van der Waals surface area (Å²) in [4.78, 5) is 4.15. The van der Waals surface area contributed by atoms with E-state index in [4.69, 9.17) is 5.11 Å². The van der Waals surface area contributed by atoms with E-state index in [1.54, 1.807) is 23.1 Å². The summed E-state index contributed by atoms with van der Waals surface area (Å²) in [6.07, 6.45) is 2.52. The Balaban J connectivity index is 1.71. The van der Waals surface area contributed by atoms with Crippen molar-refractivity contribution in [3.05, 3.63) is 42.0 Å². The number of benzene rings is 1. The molecule has 2 rings (SSSR count). The summed E-state index contributed by atoms with van der Waals surface area (Å²) >= 11 is 0. The van der Waals surface area contributed by atoms with E-state index in [0.29, 0.717) is 5.75 Å². The molecule has 0 radical (unpaired) electrons. The summed E-state index contributed by atoms with van der Waals surface area (Å²) in [5, 5.41) is 16.6. The zero-order valence-corrected chi connectivity index (χ0v) is 9.80. The Kier molecular flexibility index (Phi) is 3.72. The monoisotopic (exact) mass is 232 g/mol. The number of hydrogen-bond donors (Lipinski definition) is 2. The molecule has 0 aliphatic heterocycles. The predicted octanol–water partition coefficient (Wildman–Crippen LogP) is 0.853. The van der Waals surface area contributed by atoms with Gasteiger partial charge in [0.15, 0.2) is 5.82 Å². The number of nitrogens with zero attached hydrogens (tertiary/aromatic N) is 3. The second kappa shape index (κ2) is 5.45. The number of aromatic nitrogens is 3. The standard InChI is InChI=1S/C12H16N4O/c1-16-9-14-12(15-16)6-7-13-8-10-2-4-11(17)5-3-10/h2-5,9,13,17H,6-8H2,1H3. The fourth-order valence-electron chi connectivity index (χ4n) is 1.55. The van der Waals surface area contributed by atoms with Crippen molar-refractivity contribution in [2.45, 2.75) is 13.0 Å². The van der Waals surface area contributed by atoms with Gasteiger partial charge in [0.2, 0.25) is 0 Å². The Morgan fingerprint density at radius 2 is 2.06 bits per heavy atom. The molecule has 0 aliphatic carbocycles. The lowest BCUT2D eigenvalue weighted by atomic mass is 10.2. The van der Waals surface area contributed by atoms with Gasteiger partial charge in [-0.25, -0.2) is 4.98 Å². The van der Waals surface area contributed by atoms with Gasteiger partial charge in [-0.3, -0.25) is 4.68 Å². The van der Waals surface area contributed by atoms with Crippen molar-refractivity contribution in [1.82, 2.24) is 20.1 Å². The lowest BCUT2D eigenvalue weighted by molar-refractivity contribution is 0.475. The molecule has 0 bridgehead atoms. The molecule has 0 unspecified atom stereocenters. The van der Waals surface area contributed by atoms with Crippen LogP contribution < -0.4 is 5.32 Å². The van der Waals surface area contributed by atoms with Crippen molar-refractivity contribution >= 4 is 0 Å².